The maximum absolute atomic E-state index is 4.73. The number of nitrogens with one attached hydrogen (secondary N) is 1. The summed E-state index contributed by atoms with van der Waals surface area (Å²) in [6.45, 7) is 8.73. The molecule has 0 amide bonds. The van der Waals surface area contributed by atoms with Crippen molar-refractivity contribution < 1.29 is 0 Å². The lowest BCUT2D eigenvalue weighted by Crippen LogP contribution is -1.98. The normalized spacial score (nSPS) is 13.6. The van der Waals surface area contributed by atoms with E-state index >= 15 is 0 Å². The number of rotatable bonds is 3. The van der Waals surface area contributed by atoms with Crippen molar-refractivity contribution in [3.05, 3.63) is 23.7 Å². The largest absolute Gasteiger partial charge is 0.345 e. The van der Waals surface area contributed by atoms with Gasteiger partial charge in [0, 0.05) is 11.8 Å². The zero-order chi connectivity index (χ0) is 11.7. The summed E-state index contributed by atoms with van der Waals surface area (Å²) < 4.78 is 0. The van der Waals surface area contributed by atoms with Crippen LogP contribution < -0.4 is 0 Å². The Balaban J connectivity index is 2.54. The van der Waals surface area contributed by atoms with Gasteiger partial charge in [-0.05, 0) is 18.3 Å². The van der Waals surface area contributed by atoms with E-state index in [-0.39, 0.29) is 0 Å². The van der Waals surface area contributed by atoms with Gasteiger partial charge in [-0.1, -0.05) is 27.7 Å². The lowest BCUT2D eigenvalue weighted by Gasteiger charge is -2.08. The van der Waals surface area contributed by atoms with Crippen LogP contribution in [0.5, 0.6) is 0 Å². The van der Waals surface area contributed by atoms with Crippen LogP contribution in [0.4, 0.5) is 0 Å². The highest BCUT2D eigenvalue weighted by molar-refractivity contribution is 5.75. The summed E-state index contributed by atoms with van der Waals surface area (Å²) in [7, 11) is 0. The summed E-state index contributed by atoms with van der Waals surface area (Å²) in [5, 5.41) is 0. The van der Waals surface area contributed by atoms with E-state index in [9.17, 15) is 0 Å². The molecule has 0 radical (unpaired) electrons. The third-order valence-corrected chi connectivity index (χ3v) is 3.17. The van der Waals surface area contributed by atoms with Gasteiger partial charge < -0.3 is 4.98 Å². The second-order valence-electron chi connectivity index (χ2n) is 4.70. The molecule has 16 heavy (non-hydrogen) atoms. The predicted molar refractivity (Wildman–Crippen MR) is 66.7 cm³/mol. The number of fused-ring (bicyclic) bond motifs is 1. The Morgan fingerprint density at radius 3 is 2.69 bits per heavy atom. The Hall–Kier alpha value is -1.38. The maximum atomic E-state index is 4.73. The van der Waals surface area contributed by atoms with Crippen molar-refractivity contribution in [2.45, 2.75) is 46.0 Å². The standard InChI is InChI=1S/C13H19N3/c1-5-9(4)11-7-15-13-12(16-11)10(6-14-13)8(2)3/h6-9H,5H2,1-4H3,(H,14,15). The number of aromatic amines is 1. The first kappa shape index (κ1) is 11.1. The van der Waals surface area contributed by atoms with Crippen molar-refractivity contribution >= 4 is 11.2 Å². The molecule has 2 rings (SSSR count). The summed E-state index contributed by atoms with van der Waals surface area (Å²) in [5.74, 6) is 0.960. The maximum Gasteiger partial charge on any atom is 0.156 e. The van der Waals surface area contributed by atoms with Gasteiger partial charge in [0.2, 0.25) is 0 Å². The molecular weight excluding hydrogens is 198 g/mol. The third-order valence-electron chi connectivity index (χ3n) is 3.17. The van der Waals surface area contributed by atoms with Crippen LogP contribution in [-0.2, 0) is 0 Å². The fourth-order valence-corrected chi connectivity index (χ4v) is 1.81. The molecular formula is C13H19N3. The number of hydrogen-bond acceptors (Lipinski definition) is 2. The lowest BCUT2D eigenvalue weighted by atomic mass is 10.0. The third kappa shape index (κ3) is 1.82. The molecule has 0 aliphatic carbocycles. The van der Waals surface area contributed by atoms with Gasteiger partial charge in [0.1, 0.15) is 5.52 Å². The number of nitrogens with zero attached hydrogens (tertiary/aromatic N) is 2. The van der Waals surface area contributed by atoms with Gasteiger partial charge in [-0.3, -0.25) is 0 Å². The quantitative estimate of drug-likeness (QED) is 0.853. The molecule has 0 fully saturated rings. The van der Waals surface area contributed by atoms with Crippen LogP contribution in [-0.4, -0.2) is 15.0 Å². The number of aromatic nitrogens is 3. The number of H-pyrrole nitrogens is 1. The zero-order valence-electron chi connectivity index (χ0n) is 10.4. The molecule has 0 saturated heterocycles. The SMILES string of the molecule is CCC(C)c1cnc2[nH]cc(C(C)C)c2n1. The summed E-state index contributed by atoms with van der Waals surface area (Å²) in [6, 6.07) is 0. The van der Waals surface area contributed by atoms with Crippen molar-refractivity contribution in [1.29, 1.82) is 0 Å². The molecule has 1 atom stereocenters. The second kappa shape index (κ2) is 4.24. The Kier molecular flexibility index (Phi) is 2.95. The van der Waals surface area contributed by atoms with Gasteiger partial charge in [-0.15, -0.1) is 0 Å². The molecule has 0 aliphatic heterocycles. The summed E-state index contributed by atoms with van der Waals surface area (Å²) in [5.41, 5.74) is 4.28. The molecule has 0 spiro atoms. The average Bonchev–Trinajstić information content (AvgIpc) is 2.70. The highest BCUT2D eigenvalue weighted by Crippen LogP contribution is 2.24. The van der Waals surface area contributed by atoms with Gasteiger partial charge >= 0.3 is 0 Å². The smallest absolute Gasteiger partial charge is 0.156 e. The van der Waals surface area contributed by atoms with Crippen LogP contribution in [0, 0.1) is 0 Å². The predicted octanol–water partition coefficient (Wildman–Crippen LogP) is 3.59. The van der Waals surface area contributed by atoms with E-state index in [0.29, 0.717) is 11.8 Å². The molecule has 0 saturated carbocycles. The summed E-state index contributed by atoms with van der Waals surface area (Å²) >= 11 is 0. The first-order valence-electron chi connectivity index (χ1n) is 5.97. The van der Waals surface area contributed by atoms with E-state index in [1.807, 2.05) is 12.4 Å². The molecule has 3 nitrogen and oxygen atoms in total. The van der Waals surface area contributed by atoms with E-state index < -0.39 is 0 Å². The van der Waals surface area contributed by atoms with Crippen LogP contribution >= 0.6 is 0 Å². The minimum absolute atomic E-state index is 0.479. The molecule has 0 bridgehead atoms. The topological polar surface area (TPSA) is 41.6 Å². The first-order chi connectivity index (χ1) is 7.63. The van der Waals surface area contributed by atoms with Gasteiger partial charge in [0.15, 0.2) is 5.65 Å². The van der Waals surface area contributed by atoms with Crippen molar-refractivity contribution in [3.8, 4) is 0 Å². The second-order valence-corrected chi connectivity index (χ2v) is 4.70. The van der Waals surface area contributed by atoms with E-state index in [1.54, 1.807) is 0 Å². The van der Waals surface area contributed by atoms with Gasteiger partial charge in [-0.25, -0.2) is 9.97 Å². The molecule has 2 aromatic rings. The Morgan fingerprint density at radius 1 is 1.31 bits per heavy atom. The van der Waals surface area contributed by atoms with Crippen molar-refractivity contribution in [1.82, 2.24) is 15.0 Å². The van der Waals surface area contributed by atoms with E-state index in [4.69, 9.17) is 4.98 Å². The molecule has 1 unspecified atom stereocenters. The van der Waals surface area contributed by atoms with Crippen LogP contribution in [0.25, 0.3) is 11.2 Å². The Labute approximate surface area is 96.3 Å². The molecule has 2 heterocycles. The zero-order valence-corrected chi connectivity index (χ0v) is 10.4. The van der Waals surface area contributed by atoms with E-state index in [0.717, 1.165) is 23.3 Å². The monoisotopic (exact) mass is 217 g/mol. The fraction of sp³-hybridized carbons (Fsp3) is 0.538. The molecule has 0 aromatic carbocycles. The molecule has 86 valence electrons. The van der Waals surface area contributed by atoms with E-state index in [2.05, 4.69) is 37.7 Å². The van der Waals surface area contributed by atoms with Crippen molar-refractivity contribution in [3.63, 3.8) is 0 Å². The summed E-state index contributed by atoms with van der Waals surface area (Å²) in [4.78, 5) is 12.3. The van der Waals surface area contributed by atoms with Gasteiger partial charge in [0.05, 0.1) is 11.9 Å². The molecule has 3 heteroatoms. The fourth-order valence-electron chi connectivity index (χ4n) is 1.81. The van der Waals surface area contributed by atoms with Crippen LogP contribution in [0.2, 0.25) is 0 Å². The van der Waals surface area contributed by atoms with E-state index in [1.165, 1.54) is 5.56 Å². The molecule has 1 N–H and O–H groups in total. The highest BCUT2D eigenvalue weighted by Gasteiger charge is 2.12. The van der Waals surface area contributed by atoms with Gasteiger partial charge in [-0.2, -0.15) is 0 Å². The highest BCUT2D eigenvalue weighted by atomic mass is 14.9. The summed E-state index contributed by atoms with van der Waals surface area (Å²) in [6.07, 6.45) is 5.01. The Morgan fingerprint density at radius 2 is 2.06 bits per heavy atom. The van der Waals surface area contributed by atoms with Gasteiger partial charge in [0.25, 0.3) is 0 Å². The lowest BCUT2D eigenvalue weighted by molar-refractivity contribution is 0.707. The average molecular weight is 217 g/mol. The Bertz CT molecular complexity index is 485. The van der Waals surface area contributed by atoms with Crippen LogP contribution in [0.3, 0.4) is 0 Å². The van der Waals surface area contributed by atoms with Crippen molar-refractivity contribution in [2.24, 2.45) is 0 Å². The minimum atomic E-state index is 0.479. The minimum Gasteiger partial charge on any atom is -0.345 e. The molecule has 0 aliphatic rings. The van der Waals surface area contributed by atoms with Crippen molar-refractivity contribution in [2.75, 3.05) is 0 Å². The van der Waals surface area contributed by atoms with Crippen LogP contribution in [0.1, 0.15) is 57.2 Å². The molecule has 2 aromatic heterocycles. The van der Waals surface area contributed by atoms with Crippen LogP contribution in [0.15, 0.2) is 12.4 Å². The first-order valence-corrected chi connectivity index (χ1v) is 5.97. The number of hydrogen-bond donors (Lipinski definition) is 1.